The molecule has 2 atom stereocenters. The van der Waals surface area contributed by atoms with Crippen molar-refractivity contribution in [1.82, 2.24) is 19.9 Å². The van der Waals surface area contributed by atoms with Gasteiger partial charge in [-0.25, -0.2) is 18.2 Å². The third-order valence-electron chi connectivity index (χ3n) is 10.8. The molecule has 2 N–H and O–H groups in total. The number of ether oxygens (including phenoxy) is 2. The van der Waals surface area contributed by atoms with Crippen LogP contribution in [0.5, 0.6) is 17.6 Å². The van der Waals surface area contributed by atoms with Crippen LogP contribution < -0.4 is 14.4 Å². The molecule has 0 radical (unpaired) electrons. The Balaban J connectivity index is 1.32. The summed E-state index contributed by atoms with van der Waals surface area (Å²) in [4.78, 5) is 18.1. The average molecular weight is 636 g/mol. The maximum Gasteiger partial charge on any atom is 0.319 e. The van der Waals surface area contributed by atoms with Crippen molar-refractivity contribution >= 4 is 27.5 Å². The van der Waals surface area contributed by atoms with E-state index in [2.05, 4.69) is 14.9 Å². The van der Waals surface area contributed by atoms with E-state index in [1.807, 2.05) is 18.9 Å². The zero-order valence-electron chi connectivity index (χ0n) is 25.8. The van der Waals surface area contributed by atoms with Crippen LogP contribution in [0.2, 0.25) is 0 Å². The molecule has 4 aliphatic rings. The van der Waals surface area contributed by atoms with E-state index < -0.39 is 28.9 Å². The third-order valence-corrected chi connectivity index (χ3v) is 10.8. The second-order valence-corrected chi connectivity index (χ2v) is 13.5. The normalized spacial score (nSPS) is 27.2. The van der Waals surface area contributed by atoms with E-state index in [1.54, 1.807) is 6.07 Å². The van der Waals surface area contributed by atoms with Crippen molar-refractivity contribution in [2.24, 2.45) is 5.92 Å². The summed E-state index contributed by atoms with van der Waals surface area (Å²) in [5.74, 6) is -0.753. The predicted molar refractivity (Wildman–Crippen MR) is 166 cm³/mol. The van der Waals surface area contributed by atoms with Gasteiger partial charge in [0, 0.05) is 32.2 Å². The molecule has 9 nitrogen and oxygen atoms in total. The topological polar surface area (TPSA) is 104 Å². The van der Waals surface area contributed by atoms with Gasteiger partial charge in [-0.05, 0) is 79.1 Å². The number of halogens is 3. The first-order valence-electron chi connectivity index (χ1n) is 16.0. The van der Waals surface area contributed by atoms with Crippen molar-refractivity contribution < 1.29 is 32.9 Å². The summed E-state index contributed by atoms with van der Waals surface area (Å²) in [6.07, 6.45) is 2.77. The molecule has 242 valence electrons. The second kappa shape index (κ2) is 10.6. The molecule has 0 amide bonds. The predicted octanol–water partition coefficient (Wildman–Crippen LogP) is 5.32. The number of alkyl halides is 1. The number of anilines is 1. The van der Waals surface area contributed by atoms with Crippen molar-refractivity contribution in [2.45, 2.75) is 62.7 Å². The largest absolute Gasteiger partial charge is 0.508 e. The van der Waals surface area contributed by atoms with Crippen molar-refractivity contribution in [1.29, 1.82) is 0 Å². The fourth-order valence-corrected chi connectivity index (χ4v) is 8.43. The lowest BCUT2D eigenvalue weighted by atomic mass is 9.68. The van der Waals surface area contributed by atoms with Crippen LogP contribution in [0.4, 0.5) is 19.0 Å². The van der Waals surface area contributed by atoms with Crippen molar-refractivity contribution in [3.05, 3.63) is 41.5 Å². The first-order chi connectivity index (χ1) is 22.1. The average Bonchev–Trinajstić information content (AvgIpc) is 3.51. The monoisotopic (exact) mass is 635 g/mol. The van der Waals surface area contributed by atoms with Crippen molar-refractivity contribution in [3.8, 4) is 28.9 Å². The highest BCUT2D eigenvalue weighted by molar-refractivity contribution is 6.03. The molecule has 0 bridgehead atoms. The van der Waals surface area contributed by atoms with Gasteiger partial charge >= 0.3 is 6.01 Å². The third kappa shape index (κ3) is 4.32. The Labute approximate surface area is 264 Å². The molecular weight excluding hydrogens is 599 g/mol. The molecule has 3 aliphatic heterocycles. The second-order valence-electron chi connectivity index (χ2n) is 13.5. The highest BCUT2D eigenvalue weighted by Gasteiger charge is 2.51. The van der Waals surface area contributed by atoms with Crippen LogP contribution >= 0.6 is 0 Å². The van der Waals surface area contributed by atoms with Gasteiger partial charge in [-0.2, -0.15) is 9.97 Å². The summed E-state index contributed by atoms with van der Waals surface area (Å²) < 4.78 is 59.1. The van der Waals surface area contributed by atoms with Crippen LogP contribution in [0.1, 0.15) is 44.6 Å². The number of phenolic OH excluding ortho intramolecular Hbond substituents is 1. The van der Waals surface area contributed by atoms with Gasteiger partial charge in [0.1, 0.15) is 53.4 Å². The van der Waals surface area contributed by atoms with Gasteiger partial charge in [0.25, 0.3) is 0 Å². The lowest BCUT2D eigenvalue weighted by Crippen LogP contribution is -2.60. The summed E-state index contributed by atoms with van der Waals surface area (Å²) in [7, 11) is 1.87. The van der Waals surface area contributed by atoms with Gasteiger partial charge in [0.05, 0.1) is 11.1 Å². The number of aromatic hydroxyl groups is 1. The number of likely N-dealkylation sites (N-methyl/N-ethyl adjacent to an activating group) is 1. The minimum atomic E-state index is -0.934. The minimum Gasteiger partial charge on any atom is -0.508 e. The standard InChI is InChI=1S/C34H36F3N5O4/c1-3-22-24(36)6-5-19-9-21(44)10-23(25(19)22)28-27(37)29-26-30(41(2)34(11-18(12-34)15-43)17-45-31(26)38-28)40-32(39-29)46-16-33-7-4-8-42(33)14-20(35)13-33/h5-6,9-10,18,20,43-44H,3-4,7-8,11-17H2,1-2H3/t18?,20-,33+,34?/m1/s1. The molecule has 3 fully saturated rings. The molecule has 2 aromatic heterocycles. The van der Waals surface area contributed by atoms with Gasteiger partial charge in [-0.1, -0.05) is 13.0 Å². The Morgan fingerprint density at radius 1 is 1.11 bits per heavy atom. The number of rotatable bonds is 6. The summed E-state index contributed by atoms with van der Waals surface area (Å²) in [5, 5.41) is 21.7. The van der Waals surface area contributed by atoms with Gasteiger partial charge in [0.15, 0.2) is 5.82 Å². The summed E-state index contributed by atoms with van der Waals surface area (Å²) in [6, 6.07) is 5.73. The lowest BCUT2D eigenvalue weighted by Gasteiger charge is -2.51. The highest BCUT2D eigenvalue weighted by atomic mass is 19.1. The van der Waals surface area contributed by atoms with Crippen LogP contribution in [-0.4, -0.2) is 87.3 Å². The number of benzene rings is 2. The molecule has 2 aromatic carbocycles. The molecule has 0 unspecified atom stereocenters. The van der Waals surface area contributed by atoms with Crippen LogP contribution in [-0.2, 0) is 6.42 Å². The number of pyridine rings is 1. The Morgan fingerprint density at radius 3 is 2.72 bits per heavy atom. The molecule has 5 heterocycles. The zero-order valence-corrected chi connectivity index (χ0v) is 25.8. The fraction of sp³-hybridized carbons (Fsp3) is 0.500. The number of aliphatic hydroxyl groups excluding tert-OH is 1. The Hall–Kier alpha value is -3.90. The number of nitrogens with zero attached hydrogens (tertiary/aromatic N) is 5. The van der Waals surface area contributed by atoms with Crippen LogP contribution in [0.25, 0.3) is 32.9 Å². The van der Waals surface area contributed by atoms with E-state index in [9.17, 15) is 14.6 Å². The quantitative estimate of drug-likeness (QED) is 0.292. The Morgan fingerprint density at radius 2 is 1.93 bits per heavy atom. The number of hydrogen-bond donors (Lipinski definition) is 2. The number of fused-ring (bicyclic) bond motifs is 2. The molecule has 4 aromatic rings. The summed E-state index contributed by atoms with van der Waals surface area (Å²) in [6.45, 7) is 3.40. The zero-order chi connectivity index (χ0) is 32.0. The fourth-order valence-electron chi connectivity index (χ4n) is 8.43. The Kier molecular flexibility index (Phi) is 6.77. The first-order valence-corrected chi connectivity index (χ1v) is 16.0. The van der Waals surface area contributed by atoms with Gasteiger partial charge in [0.2, 0.25) is 5.88 Å². The molecule has 8 rings (SSSR count). The van der Waals surface area contributed by atoms with Gasteiger partial charge < -0.3 is 24.6 Å². The van der Waals surface area contributed by atoms with Crippen molar-refractivity contribution in [2.75, 3.05) is 44.9 Å². The molecule has 1 spiro atoms. The highest BCUT2D eigenvalue weighted by Crippen LogP contribution is 2.50. The Bertz CT molecular complexity index is 1890. The number of aryl methyl sites for hydroxylation is 1. The number of aliphatic hydroxyl groups is 1. The summed E-state index contributed by atoms with van der Waals surface area (Å²) in [5.41, 5.74) is -0.615. The molecule has 1 saturated carbocycles. The maximum atomic E-state index is 17.0. The number of hydrogen-bond acceptors (Lipinski definition) is 9. The summed E-state index contributed by atoms with van der Waals surface area (Å²) >= 11 is 0. The number of phenols is 1. The van der Waals surface area contributed by atoms with Gasteiger partial charge in [-0.15, -0.1) is 0 Å². The first kappa shape index (κ1) is 29.5. The van der Waals surface area contributed by atoms with E-state index in [1.165, 1.54) is 18.2 Å². The van der Waals surface area contributed by atoms with E-state index in [0.29, 0.717) is 54.4 Å². The van der Waals surface area contributed by atoms with Crippen LogP contribution in [0, 0.1) is 17.6 Å². The SMILES string of the molecule is CCc1c(F)ccc2cc(O)cc(-c3nc4c5c(nc(OC[C@@]67CCCN6C[C@H](F)C7)nc5c3F)N(C)C3(CO4)CC(CO)C3)c12. The van der Waals surface area contributed by atoms with Crippen LogP contribution in [0.3, 0.4) is 0 Å². The molecular formula is C34H36F3N5O4. The molecule has 1 aliphatic carbocycles. The minimum absolute atomic E-state index is 0.0438. The molecule has 46 heavy (non-hydrogen) atoms. The van der Waals surface area contributed by atoms with E-state index in [4.69, 9.17) is 14.5 Å². The van der Waals surface area contributed by atoms with E-state index in [-0.39, 0.29) is 65.5 Å². The maximum absolute atomic E-state index is 17.0. The van der Waals surface area contributed by atoms with Crippen LogP contribution in [0.15, 0.2) is 24.3 Å². The van der Waals surface area contributed by atoms with E-state index >= 15 is 8.78 Å². The smallest absolute Gasteiger partial charge is 0.319 e. The number of aromatic nitrogens is 3. The lowest BCUT2D eigenvalue weighted by molar-refractivity contribution is 0.0441. The van der Waals surface area contributed by atoms with Gasteiger partial charge in [-0.3, -0.25) is 4.90 Å². The van der Waals surface area contributed by atoms with Crippen molar-refractivity contribution in [3.63, 3.8) is 0 Å². The van der Waals surface area contributed by atoms with E-state index in [0.717, 1.165) is 19.4 Å². The molecule has 12 heteroatoms. The molecule has 2 saturated heterocycles.